The molecule has 2 N–H and O–H groups in total. The lowest BCUT2D eigenvalue weighted by Crippen LogP contribution is -2.53. The summed E-state index contributed by atoms with van der Waals surface area (Å²) in [7, 11) is -1.90. The predicted molar refractivity (Wildman–Crippen MR) is 117 cm³/mol. The number of amides is 1. The summed E-state index contributed by atoms with van der Waals surface area (Å²) in [6, 6.07) is 0.0956. The van der Waals surface area contributed by atoms with Gasteiger partial charge in [0.05, 0.1) is 6.04 Å². The molecule has 0 aromatic carbocycles. The number of carboxylic acid groups (broad SMARTS) is 1. The normalized spacial score (nSPS) is 27.2. The highest BCUT2D eigenvalue weighted by Crippen LogP contribution is 2.50. The summed E-state index contributed by atoms with van der Waals surface area (Å²) in [5, 5.41) is 9.47. The Kier molecular flexibility index (Phi) is 6.94. The van der Waals surface area contributed by atoms with Crippen molar-refractivity contribution in [3.63, 3.8) is 0 Å². The van der Waals surface area contributed by atoms with Crippen molar-refractivity contribution in [3.8, 4) is 0 Å². The number of nitrogens with zero attached hydrogens (tertiary/aromatic N) is 1. The van der Waals surface area contributed by atoms with Gasteiger partial charge in [-0.2, -0.15) is 0 Å². The monoisotopic (exact) mass is 432 g/mol. The zero-order chi connectivity index (χ0) is 21.5. The predicted octanol–water partition coefficient (Wildman–Crippen LogP) is 4.35. The fraction of sp³-hybridized carbons (Fsp3) is 0.950. The summed E-state index contributed by atoms with van der Waals surface area (Å²) in [5.41, 5.74) is -0.0418. The van der Waals surface area contributed by atoms with Gasteiger partial charge in [0, 0.05) is 30.6 Å². The molecular weight excluding hydrogens is 392 g/mol. The first-order valence-electron chi connectivity index (χ1n) is 10.4. The van der Waals surface area contributed by atoms with Crippen molar-refractivity contribution in [2.24, 2.45) is 5.41 Å². The molecule has 8 heteroatoms. The van der Waals surface area contributed by atoms with Gasteiger partial charge in [-0.05, 0) is 70.0 Å². The molecular formula is C20H40N2O4SSi. The second-order valence-corrected chi connectivity index (χ2v) is 17.9. The van der Waals surface area contributed by atoms with Crippen molar-refractivity contribution < 1.29 is 18.9 Å². The molecule has 2 fully saturated rings. The van der Waals surface area contributed by atoms with Crippen LogP contribution < -0.4 is 4.72 Å². The first-order valence-corrected chi connectivity index (χ1v) is 14.5. The molecule has 6 nitrogen and oxygen atoms in total. The molecule has 1 saturated heterocycles. The third-order valence-corrected chi connectivity index (χ3v) is 13.1. The summed E-state index contributed by atoms with van der Waals surface area (Å²) in [4.78, 5) is 12.9. The number of piperidine rings is 1. The molecule has 164 valence electrons. The molecule has 1 aliphatic carbocycles. The van der Waals surface area contributed by atoms with Crippen LogP contribution in [0.4, 0.5) is 4.79 Å². The van der Waals surface area contributed by atoms with Gasteiger partial charge in [0.15, 0.2) is 8.32 Å². The minimum Gasteiger partial charge on any atom is -0.598 e. The Balaban J connectivity index is 2.19. The summed E-state index contributed by atoms with van der Waals surface area (Å²) >= 11 is -1.15. The molecule has 2 rings (SSSR count). The molecule has 1 aliphatic heterocycles. The van der Waals surface area contributed by atoms with Crippen LogP contribution in [-0.2, 0) is 15.8 Å². The van der Waals surface area contributed by atoms with E-state index in [-0.39, 0.29) is 27.3 Å². The van der Waals surface area contributed by atoms with Crippen LogP contribution in [0.2, 0.25) is 18.1 Å². The van der Waals surface area contributed by atoms with Crippen LogP contribution in [0.25, 0.3) is 0 Å². The lowest BCUT2D eigenvalue weighted by Gasteiger charge is -2.43. The maximum Gasteiger partial charge on any atom is 0.407 e. The number of hydrogen-bond donors (Lipinski definition) is 2. The molecule has 0 bridgehead atoms. The topological polar surface area (TPSA) is 84.9 Å². The quantitative estimate of drug-likeness (QED) is 0.509. The Labute approximate surface area is 175 Å². The molecule has 28 heavy (non-hydrogen) atoms. The van der Waals surface area contributed by atoms with Gasteiger partial charge in [0.1, 0.15) is 4.75 Å². The van der Waals surface area contributed by atoms with E-state index in [0.717, 1.165) is 25.7 Å². The highest BCUT2D eigenvalue weighted by molar-refractivity contribution is 7.90. The first kappa shape index (κ1) is 24.0. The van der Waals surface area contributed by atoms with E-state index in [2.05, 4.69) is 38.6 Å². The van der Waals surface area contributed by atoms with E-state index in [1.54, 1.807) is 0 Å². The molecule has 3 atom stereocenters. The second-order valence-electron chi connectivity index (χ2n) is 11.1. The Bertz CT molecular complexity index is 566. The van der Waals surface area contributed by atoms with Crippen molar-refractivity contribution >= 4 is 25.8 Å². The van der Waals surface area contributed by atoms with Gasteiger partial charge in [0.2, 0.25) is 0 Å². The number of rotatable bonds is 4. The average Bonchev–Trinajstić information content (AvgIpc) is 2.81. The van der Waals surface area contributed by atoms with E-state index in [0.29, 0.717) is 13.1 Å². The average molecular weight is 433 g/mol. The van der Waals surface area contributed by atoms with Crippen LogP contribution >= 0.6 is 0 Å². The minimum atomic E-state index is -1.90. The molecule has 1 saturated carbocycles. The Morgan fingerprint density at radius 1 is 1.21 bits per heavy atom. The van der Waals surface area contributed by atoms with Crippen LogP contribution in [0.15, 0.2) is 0 Å². The molecule has 0 aromatic rings. The van der Waals surface area contributed by atoms with Gasteiger partial charge in [-0.25, -0.2) is 4.79 Å². The van der Waals surface area contributed by atoms with Crippen molar-refractivity contribution in [2.75, 3.05) is 13.1 Å². The van der Waals surface area contributed by atoms with Crippen LogP contribution in [0.1, 0.15) is 67.2 Å². The standard InChI is InChI=1S/C20H40N2O4SSi/c1-18(2,3)27(25)21-16-13-15(26-28(7,8)19(4,5)6)14-20(16)9-11-22(12-10-20)17(23)24/h15-16,21H,9-14H2,1-8H3,(H,23,24)/t15-,16+,27?/m0/s1. The molecule has 1 spiro atoms. The summed E-state index contributed by atoms with van der Waals surface area (Å²) in [5.74, 6) is 0. The molecule has 1 unspecified atom stereocenters. The fourth-order valence-corrected chi connectivity index (χ4v) is 6.37. The van der Waals surface area contributed by atoms with Gasteiger partial charge >= 0.3 is 6.09 Å². The first-order chi connectivity index (χ1) is 12.6. The molecule has 0 aromatic heterocycles. The van der Waals surface area contributed by atoms with Gasteiger partial charge in [-0.3, -0.25) is 0 Å². The number of hydrogen-bond acceptors (Lipinski definition) is 4. The van der Waals surface area contributed by atoms with Gasteiger partial charge in [-0.1, -0.05) is 20.8 Å². The Morgan fingerprint density at radius 3 is 2.18 bits per heavy atom. The van der Waals surface area contributed by atoms with Crippen molar-refractivity contribution in [1.29, 1.82) is 0 Å². The lowest BCUT2D eigenvalue weighted by atomic mass is 9.74. The lowest BCUT2D eigenvalue weighted by molar-refractivity contribution is 0.0730. The molecule has 0 radical (unpaired) electrons. The zero-order valence-corrected chi connectivity index (χ0v) is 20.7. The van der Waals surface area contributed by atoms with E-state index >= 15 is 0 Å². The van der Waals surface area contributed by atoms with Crippen molar-refractivity contribution in [1.82, 2.24) is 9.62 Å². The van der Waals surface area contributed by atoms with E-state index < -0.39 is 25.8 Å². The molecule has 2 aliphatic rings. The Morgan fingerprint density at radius 2 is 1.75 bits per heavy atom. The number of nitrogens with one attached hydrogen (secondary N) is 1. The summed E-state index contributed by atoms with van der Waals surface area (Å²) < 4.78 is 22.7. The maximum atomic E-state index is 12.8. The fourth-order valence-electron chi connectivity index (χ4n) is 4.05. The highest BCUT2D eigenvalue weighted by atomic mass is 32.2. The van der Waals surface area contributed by atoms with E-state index in [4.69, 9.17) is 4.43 Å². The SMILES string of the molecule is CC(C)(C)[S+]([O-])N[C@@H]1C[C@H](O[Si](C)(C)C(C)(C)C)CC12CCN(C(=O)O)CC2. The van der Waals surface area contributed by atoms with E-state index in [1.165, 1.54) is 4.90 Å². The molecule has 1 amide bonds. The highest BCUT2D eigenvalue weighted by Gasteiger charge is 2.53. The maximum absolute atomic E-state index is 12.8. The second kappa shape index (κ2) is 8.10. The van der Waals surface area contributed by atoms with Gasteiger partial charge in [0.25, 0.3) is 0 Å². The third-order valence-electron chi connectivity index (χ3n) is 6.97. The summed E-state index contributed by atoms with van der Waals surface area (Å²) in [6.07, 6.45) is 2.68. The van der Waals surface area contributed by atoms with Crippen LogP contribution in [0.5, 0.6) is 0 Å². The van der Waals surface area contributed by atoms with Crippen LogP contribution in [0.3, 0.4) is 0 Å². The summed E-state index contributed by atoms with van der Waals surface area (Å²) in [6.45, 7) is 18.3. The Hall–Kier alpha value is -0.283. The van der Waals surface area contributed by atoms with E-state index in [9.17, 15) is 14.5 Å². The number of likely N-dealkylation sites (tertiary alicyclic amines) is 1. The van der Waals surface area contributed by atoms with Crippen molar-refractivity contribution in [3.05, 3.63) is 0 Å². The third kappa shape index (κ3) is 5.25. The van der Waals surface area contributed by atoms with E-state index in [1.807, 2.05) is 20.8 Å². The zero-order valence-electron chi connectivity index (χ0n) is 18.9. The minimum absolute atomic E-state index is 0.0418. The van der Waals surface area contributed by atoms with Crippen molar-refractivity contribution in [2.45, 2.75) is 102 Å². The largest absolute Gasteiger partial charge is 0.598 e. The van der Waals surface area contributed by atoms with Gasteiger partial charge in [-0.15, -0.1) is 4.72 Å². The molecule has 1 heterocycles. The van der Waals surface area contributed by atoms with Crippen LogP contribution in [-0.4, -0.2) is 59.0 Å². The smallest absolute Gasteiger partial charge is 0.407 e. The van der Waals surface area contributed by atoms with Crippen LogP contribution in [0, 0.1) is 5.41 Å². The number of carbonyl (C=O) groups is 1. The van der Waals surface area contributed by atoms with Gasteiger partial charge < -0.3 is 19.0 Å².